The molecule has 0 aliphatic heterocycles. The quantitative estimate of drug-likeness (QED) is 0.783. The molecule has 3 heteroatoms. The summed E-state index contributed by atoms with van der Waals surface area (Å²) in [4.78, 5) is 4.72. The molecular formula is C17H18N2O. The second-order valence-electron chi connectivity index (χ2n) is 5.03. The molecule has 0 aliphatic carbocycles. The van der Waals surface area contributed by atoms with Gasteiger partial charge in [0.15, 0.2) is 0 Å². The first-order valence-corrected chi connectivity index (χ1v) is 6.83. The standard InChI is InChI=1S/C17H18N2O/c1-12-9-14(11-20-12)17(18-2)10-15-8-7-13-5-3-4-6-16(13)19-15/h3-9,11,17-18H,10H2,1-2H3. The van der Waals surface area contributed by atoms with Crippen LogP contribution < -0.4 is 5.32 Å². The molecule has 0 bridgehead atoms. The Balaban J connectivity index is 1.87. The molecule has 1 aromatic carbocycles. The van der Waals surface area contributed by atoms with Crippen molar-refractivity contribution in [2.45, 2.75) is 19.4 Å². The highest BCUT2D eigenvalue weighted by atomic mass is 16.3. The van der Waals surface area contributed by atoms with Crippen LogP contribution in [0.25, 0.3) is 10.9 Å². The molecule has 1 atom stereocenters. The van der Waals surface area contributed by atoms with Crippen LogP contribution in [0.4, 0.5) is 0 Å². The third-order valence-corrected chi connectivity index (χ3v) is 3.57. The van der Waals surface area contributed by atoms with Gasteiger partial charge in [0.05, 0.1) is 11.8 Å². The molecule has 0 spiro atoms. The van der Waals surface area contributed by atoms with E-state index in [4.69, 9.17) is 9.40 Å². The van der Waals surface area contributed by atoms with E-state index in [9.17, 15) is 0 Å². The number of nitrogens with one attached hydrogen (secondary N) is 1. The first-order chi connectivity index (χ1) is 9.76. The molecule has 20 heavy (non-hydrogen) atoms. The van der Waals surface area contributed by atoms with Crippen LogP contribution in [0.15, 0.2) is 53.1 Å². The molecule has 0 radical (unpaired) electrons. The third-order valence-electron chi connectivity index (χ3n) is 3.57. The van der Waals surface area contributed by atoms with Crippen LogP contribution >= 0.6 is 0 Å². The van der Waals surface area contributed by atoms with Crippen molar-refractivity contribution in [3.05, 3.63) is 65.7 Å². The first kappa shape index (κ1) is 12.9. The number of fused-ring (bicyclic) bond motifs is 1. The second kappa shape index (κ2) is 5.47. The number of nitrogens with zero attached hydrogens (tertiary/aromatic N) is 1. The maximum atomic E-state index is 5.39. The van der Waals surface area contributed by atoms with Crippen LogP contribution in [-0.4, -0.2) is 12.0 Å². The Hall–Kier alpha value is -2.13. The number of benzene rings is 1. The molecule has 2 aromatic heterocycles. The van der Waals surface area contributed by atoms with Gasteiger partial charge < -0.3 is 9.73 Å². The summed E-state index contributed by atoms with van der Waals surface area (Å²) in [6.45, 7) is 1.96. The van der Waals surface area contributed by atoms with E-state index in [1.807, 2.05) is 32.4 Å². The molecule has 102 valence electrons. The number of para-hydroxylation sites is 1. The van der Waals surface area contributed by atoms with Gasteiger partial charge in [-0.1, -0.05) is 24.3 Å². The monoisotopic (exact) mass is 266 g/mol. The molecule has 0 saturated carbocycles. The van der Waals surface area contributed by atoms with Crippen molar-refractivity contribution in [1.82, 2.24) is 10.3 Å². The lowest BCUT2D eigenvalue weighted by Crippen LogP contribution is -2.18. The highest BCUT2D eigenvalue weighted by Gasteiger charge is 2.13. The van der Waals surface area contributed by atoms with E-state index >= 15 is 0 Å². The van der Waals surface area contributed by atoms with Crippen molar-refractivity contribution in [3.8, 4) is 0 Å². The predicted octanol–water partition coefficient (Wildman–Crippen LogP) is 3.64. The average molecular weight is 266 g/mol. The lowest BCUT2D eigenvalue weighted by Gasteiger charge is -2.14. The molecule has 0 amide bonds. The van der Waals surface area contributed by atoms with Crippen LogP contribution in [-0.2, 0) is 6.42 Å². The molecule has 3 rings (SSSR count). The fraction of sp³-hybridized carbons (Fsp3) is 0.235. The Labute approximate surface area is 118 Å². The van der Waals surface area contributed by atoms with Gasteiger partial charge in [-0.3, -0.25) is 4.98 Å². The summed E-state index contributed by atoms with van der Waals surface area (Å²) in [5, 5.41) is 4.51. The third kappa shape index (κ3) is 2.58. The summed E-state index contributed by atoms with van der Waals surface area (Å²) in [5.74, 6) is 0.937. The highest BCUT2D eigenvalue weighted by molar-refractivity contribution is 5.78. The summed E-state index contributed by atoms with van der Waals surface area (Å²) in [6, 6.07) is 14.7. The molecule has 0 saturated heterocycles. The van der Waals surface area contributed by atoms with Crippen molar-refractivity contribution in [3.63, 3.8) is 0 Å². The van der Waals surface area contributed by atoms with Crippen molar-refractivity contribution in [1.29, 1.82) is 0 Å². The van der Waals surface area contributed by atoms with Crippen molar-refractivity contribution in [2.75, 3.05) is 7.05 Å². The van der Waals surface area contributed by atoms with Crippen LogP contribution in [0.3, 0.4) is 0 Å². The Morgan fingerprint density at radius 2 is 2.05 bits per heavy atom. The number of aromatic nitrogens is 1. The van der Waals surface area contributed by atoms with Crippen molar-refractivity contribution < 1.29 is 4.42 Å². The molecule has 2 heterocycles. The largest absolute Gasteiger partial charge is 0.469 e. The summed E-state index contributed by atoms with van der Waals surface area (Å²) in [5.41, 5.74) is 3.30. The zero-order valence-corrected chi connectivity index (χ0v) is 11.8. The van der Waals surface area contributed by atoms with Crippen LogP contribution in [0, 0.1) is 6.92 Å². The second-order valence-corrected chi connectivity index (χ2v) is 5.03. The molecule has 0 fully saturated rings. The molecule has 0 aliphatic rings. The van der Waals surface area contributed by atoms with Crippen molar-refractivity contribution in [2.24, 2.45) is 0 Å². The Morgan fingerprint density at radius 1 is 1.20 bits per heavy atom. The minimum atomic E-state index is 0.223. The van der Waals surface area contributed by atoms with E-state index in [1.54, 1.807) is 0 Å². The molecule has 1 unspecified atom stereocenters. The maximum Gasteiger partial charge on any atom is 0.101 e. The molecule has 1 N–H and O–H groups in total. The van der Waals surface area contributed by atoms with Crippen LogP contribution in [0.1, 0.15) is 23.1 Å². The number of likely N-dealkylation sites (N-methyl/N-ethyl adjacent to an activating group) is 1. The van der Waals surface area contributed by atoms with Gasteiger partial charge in [-0.2, -0.15) is 0 Å². The summed E-state index contributed by atoms with van der Waals surface area (Å²) >= 11 is 0. The summed E-state index contributed by atoms with van der Waals surface area (Å²) in [6.07, 6.45) is 2.66. The van der Waals surface area contributed by atoms with Gasteiger partial charge in [0, 0.05) is 29.1 Å². The number of pyridine rings is 1. The normalized spacial score (nSPS) is 12.7. The lowest BCUT2D eigenvalue weighted by molar-refractivity contribution is 0.519. The van der Waals surface area contributed by atoms with Gasteiger partial charge in [0.2, 0.25) is 0 Å². The number of hydrogen-bond donors (Lipinski definition) is 1. The SMILES string of the molecule is CNC(Cc1ccc2ccccc2n1)c1coc(C)c1. The average Bonchev–Trinajstić information content (AvgIpc) is 2.91. The summed E-state index contributed by atoms with van der Waals surface area (Å²) < 4.78 is 5.39. The zero-order valence-electron chi connectivity index (χ0n) is 11.8. The minimum Gasteiger partial charge on any atom is -0.469 e. The fourth-order valence-electron chi connectivity index (χ4n) is 2.46. The van der Waals surface area contributed by atoms with Crippen molar-refractivity contribution >= 4 is 10.9 Å². The molecule has 3 aromatic rings. The topological polar surface area (TPSA) is 38.1 Å². The first-order valence-electron chi connectivity index (χ1n) is 6.83. The van der Waals surface area contributed by atoms with E-state index < -0.39 is 0 Å². The van der Waals surface area contributed by atoms with Crippen LogP contribution in [0.2, 0.25) is 0 Å². The number of aryl methyl sites for hydroxylation is 1. The number of rotatable bonds is 4. The Kier molecular flexibility index (Phi) is 3.52. The van der Waals surface area contributed by atoms with E-state index in [0.717, 1.165) is 23.4 Å². The number of hydrogen-bond acceptors (Lipinski definition) is 3. The summed E-state index contributed by atoms with van der Waals surface area (Å²) in [7, 11) is 1.97. The lowest BCUT2D eigenvalue weighted by atomic mass is 10.0. The Bertz CT molecular complexity index is 718. The van der Waals surface area contributed by atoms with Gasteiger partial charge in [0.25, 0.3) is 0 Å². The smallest absolute Gasteiger partial charge is 0.101 e. The van der Waals surface area contributed by atoms with Gasteiger partial charge >= 0.3 is 0 Å². The zero-order chi connectivity index (χ0) is 13.9. The molecule has 3 nitrogen and oxygen atoms in total. The highest BCUT2D eigenvalue weighted by Crippen LogP contribution is 2.21. The predicted molar refractivity (Wildman–Crippen MR) is 80.7 cm³/mol. The van der Waals surface area contributed by atoms with Crippen LogP contribution in [0.5, 0.6) is 0 Å². The Morgan fingerprint density at radius 3 is 2.80 bits per heavy atom. The van der Waals surface area contributed by atoms with Gasteiger partial charge in [-0.15, -0.1) is 0 Å². The van der Waals surface area contributed by atoms with Gasteiger partial charge in [-0.05, 0) is 32.2 Å². The maximum absolute atomic E-state index is 5.39. The van der Waals surface area contributed by atoms with Gasteiger partial charge in [0.1, 0.15) is 5.76 Å². The van der Waals surface area contributed by atoms with E-state index in [0.29, 0.717) is 0 Å². The van der Waals surface area contributed by atoms with E-state index in [1.165, 1.54) is 10.9 Å². The van der Waals surface area contributed by atoms with E-state index in [-0.39, 0.29) is 6.04 Å². The fourth-order valence-corrected chi connectivity index (χ4v) is 2.46. The van der Waals surface area contributed by atoms with Gasteiger partial charge in [-0.25, -0.2) is 0 Å². The number of furan rings is 1. The minimum absolute atomic E-state index is 0.223. The van der Waals surface area contributed by atoms with E-state index in [2.05, 4.69) is 35.6 Å². The molecular weight excluding hydrogens is 248 g/mol.